The Morgan fingerprint density at radius 3 is 2.87 bits per heavy atom. The molecule has 0 aliphatic carbocycles. The molecule has 0 unspecified atom stereocenters. The topological polar surface area (TPSA) is 57.7 Å². The normalized spacial score (nSPS) is 16.6. The number of anilines is 1. The third-order valence-corrected chi connectivity index (χ3v) is 4.81. The van der Waals surface area contributed by atoms with Gasteiger partial charge in [-0.25, -0.2) is 4.98 Å². The molecule has 124 valence electrons. The van der Waals surface area contributed by atoms with E-state index in [1.54, 1.807) is 0 Å². The molecule has 0 atom stereocenters. The van der Waals surface area contributed by atoms with E-state index in [-0.39, 0.29) is 5.91 Å². The van der Waals surface area contributed by atoms with E-state index in [2.05, 4.69) is 27.1 Å². The van der Waals surface area contributed by atoms with E-state index in [4.69, 9.17) is 4.74 Å². The van der Waals surface area contributed by atoms with Gasteiger partial charge >= 0.3 is 0 Å². The summed E-state index contributed by atoms with van der Waals surface area (Å²) in [6.45, 7) is 6.90. The molecule has 0 saturated carbocycles. The number of carbonyl (C=O) groups is 1. The first kappa shape index (κ1) is 16.2. The summed E-state index contributed by atoms with van der Waals surface area (Å²) in [5.41, 5.74) is 0.883. The predicted molar refractivity (Wildman–Crippen MR) is 93.4 cm³/mol. The van der Waals surface area contributed by atoms with E-state index in [0.717, 1.165) is 42.1 Å². The monoisotopic (exact) mass is 334 g/mol. The Bertz CT molecular complexity index is 680. The van der Waals surface area contributed by atoms with Crippen LogP contribution >= 0.6 is 11.3 Å². The number of hydrogen-bond acceptors (Lipinski definition) is 6. The predicted octanol–water partition coefficient (Wildman–Crippen LogP) is 1.88. The lowest BCUT2D eigenvalue weighted by Crippen LogP contribution is -2.47. The van der Waals surface area contributed by atoms with Crippen molar-refractivity contribution in [2.45, 2.75) is 6.92 Å². The summed E-state index contributed by atoms with van der Waals surface area (Å²) in [6, 6.07) is 5.79. The minimum atomic E-state index is -0.00126. The molecule has 0 spiro atoms. The highest BCUT2D eigenvalue weighted by molar-refractivity contribution is 7.22. The molecule has 0 bridgehead atoms. The molecule has 0 radical (unpaired) electrons. The largest absolute Gasteiger partial charge is 0.494 e. The molecule has 2 aromatic rings. The van der Waals surface area contributed by atoms with Crippen molar-refractivity contribution in [2.75, 3.05) is 51.7 Å². The summed E-state index contributed by atoms with van der Waals surface area (Å²) in [7, 11) is 2.11. The first-order valence-electron chi connectivity index (χ1n) is 7.88. The number of thiazole rings is 1. The fraction of sp³-hybridized carbons (Fsp3) is 0.500. The summed E-state index contributed by atoms with van der Waals surface area (Å²) in [6.07, 6.45) is 0. The molecule has 1 saturated heterocycles. The van der Waals surface area contributed by atoms with Gasteiger partial charge in [-0.1, -0.05) is 11.3 Å². The second kappa shape index (κ2) is 7.25. The lowest BCUT2D eigenvalue weighted by Gasteiger charge is -2.31. The van der Waals surface area contributed by atoms with Gasteiger partial charge in [0.1, 0.15) is 5.75 Å². The van der Waals surface area contributed by atoms with E-state index in [1.807, 2.05) is 25.1 Å². The number of rotatable bonds is 5. The van der Waals surface area contributed by atoms with Crippen molar-refractivity contribution in [3.8, 4) is 5.75 Å². The molecule has 1 amide bonds. The van der Waals surface area contributed by atoms with Crippen LogP contribution in [0.3, 0.4) is 0 Å². The Morgan fingerprint density at radius 1 is 1.35 bits per heavy atom. The lowest BCUT2D eigenvalue weighted by atomic mass is 10.3. The summed E-state index contributed by atoms with van der Waals surface area (Å²) in [4.78, 5) is 21.1. The zero-order valence-electron chi connectivity index (χ0n) is 13.5. The van der Waals surface area contributed by atoms with Crippen LogP contribution in [0, 0.1) is 0 Å². The number of nitrogens with zero attached hydrogens (tertiary/aromatic N) is 3. The number of carbonyl (C=O) groups excluding carboxylic acids is 1. The van der Waals surface area contributed by atoms with E-state index in [9.17, 15) is 4.79 Å². The van der Waals surface area contributed by atoms with Crippen LogP contribution in [0.1, 0.15) is 6.92 Å². The minimum Gasteiger partial charge on any atom is -0.494 e. The highest BCUT2D eigenvalue weighted by Crippen LogP contribution is 2.29. The Labute approximate surface area is 140 Å². The van der Waals surface area contributed by atoms with Crippen LogP contribution in [0.25, 0.3) is 10.2 Å². The van der Waals surface area contributed by atoms with Crippen molar-refractivity contribution in [1.29, 1.82) is 0 Å². The van der Waals surface area contributed by atoms with Crippen molar-refractivity contribution >= 4 is 32.6 Å². The van der Waals surface area contributed by atoms with Gasteiger partial charge in [0.25, 0.3) is 0 Å². The van der Waals surface area contributed by atoms with E-state index >= 15 is 0 Å². The second-order valence-corrected chi connectivity index (χ2v) is 6.74. The molecule has 1 aromatic carbocycles. The van der Waals surface area contributed by atoms with Crippen molar-refractivity contribution in [3.05, 3.63) is 18.2 Å². The molecule has 2 heterocycles. The smallest absolute Gasteiger partial charge is 0.240 e. The summed E-state index contributed by atoms with van der Waals surface area (Å²) in [5.74, 6) is 0.831. The van der Waals surface area contributed by atoms with Crippen LogP contribution in [0.4, 0.5) is 5.13 Å². The van der Waals surface area contributed by atoms with Gasteiger partial charge in [-0.15, -0.1) is 0 Å². The number of aromatic nitrogens is 1. The standard InChI is InChI=1S/C16H22N4O2S/c1-3-22-12-4-5-13-14(10-12)23-16(17-13)18-15(21)11-20-8-6-19(2)7-9-20/h4-5,10H,3,6-9,11H2,1-2H3,(H,17,18,21). The van der Waals surface area contributed by atoms with Crippen LogP contribution in [-0.2, 0) is 4.79 Å². The molecular formula is C16H22N4O2S. The average Bonchev–Trinajstić information content (AvgIpc) is 2.91. The Balaban J connectivity index is 1.60. The van der Waals surface area contributed by atoms with Crippen LogP contribution in [0.2, 0.25) is 0 Å². The van der Waals surface area contributed by atoms with Gasteiger partial charge in [-0.05, 0) is 32.2 Å². The van der Waals surface area contributed by atoms with Crippen molar-refractivity contribution in [1.82, 2.24) is 14.8 Å². The van der Waals surface area contributed by atoms with E-state index < -0.39 is 0 Å². The van der Waals surface area contributed by atoms with Gasteiger partial charge in [0, 0.05) is 26.2 Å². The van der Waals surface area contributed by atoms with Crippen molar-refractivity contribution in [3.63, 3.8) is 0 Å². The van der Waals surface area contributed by atoms with Crippen LogP contribution in [0.5, 0.6) is 5.75 Å². The molecule has 3 rings (SSSR count). The Kier molecular flexibility index (Phi) is 5.09. The number of nitrogens with one attached hydrogen (secondary N) is 1. The number of benzene rings is 1. The highest BCUT2D eigenvalue weighted by atomic mass is 32.1. The fourth-order valence-electron chi connectivity index (χ4n) is 2.58. The van der Waals surface area contributed by atoms with Gasteiger partial charge in [0.2, 0.25) is 5.91 Å². The first-order valence-corrected chi connectivity index (χ1v) is 8.70. The number of hydrogen-bond donors (Lipinski definition) is 1. The number of amides is 1. The van der Waals surface area contributed by atoms with Crippen LogP contribution in [0.15, 0.2) is 18.2 Å². The van der Waals surface area contributed by atoms with E-state index in [1.165, 1.54) is 11.3 Å². The Hall–Kier alpha value is -1.70. The van der Waals surface area contributed by atoms with Gasteiger partial charge in [0.05, 0.1) is 23.4 Å². The summed E-state index contributed by atoms with van der Waals surface area (Å²) >= 11 is 1.48. The van der Waals surface area contributed by atoms with Gasteiger partial charge in [0.15, 0.2) is 5.13 Å². The third kappa shape index (κ3) is 4.19. The maximum atomic E-state index is 12.2. The number of likely N-dealkylation sites (N-methyl/N-ethyl adjacent to an activating group) is 1. The molecule has 6 nitrogen and oxygen atoms in total. The third-order valence-electron chi connectivity index (χ3n) is 3.88. The average molecular weight is 334 g/mol. The quantitative estimate of drug-likeness (QED) is 0.905. The maximum absolute atomic E-state index is 12.2. The van der Waals surface area contributed by atoms with Crippen molar-refractivity contribution in [2.24, 2.45) is 0 Å². The van der Waals surface area contributed by atoms with Crippen LogP contribution in [-0.4, -0.2) is 67.1 Å². The summed E-state index contributed by atoms with van der Waals surface area (Å²) in [5, 5.41) is 3.56. The number of ether oxygens (including phenoxy) is 1. The number of fused-ring (bicyclic) bond motifs is 1. The van der Waals surface area contributed by atoms with Gasteiger partial charge in [-0.2, -0.15) is 0 Å². The number of piperazine rings is 1. The zero-order valence-corrected chi connectivity index (χ0v) is 14.4. The molecule has 1 aliphatic rings. The molecule has 7 heteroatoms. The molecule has 1 aliphatic heterocycles. The zero-order chi connectivity index (χ0) is 16.2. The van der Waals surface area contributed by atoms with Crippen LogP contribution < -0.4 is 10.1 Å². The SMILES string of the molecule is CCOc1ccc2nc(NC(=O)CN3CCN(C)CC3)sc2c1. The molecular weight excluding hydrogens is 312 g/mol. The van der Waals surface area contributed by atoms with Gasteiger partial charge in [-0.3, -0.25) is 9.69 Å². The molecule has 1 N–H and O–H groups in total. The molecule has 1 aromatic heterocycles. The Morgan fingerprint density at radius 2 is 2.13 bits per heavy atom. The maximum Gasteiger partial charge on any atom is 0.240 e. The van der Waals surface area contributed by atoms with E-state index in [0.29, 0.717) is 18.3 Å². The minimum absolute atomic E-state index is 0.00126. The first-order chi connectivity index (χ1) is 11.1. The molecule has 23 heavy (non-hydrogen) atoms. The second-order valence-electron chi connectivity index (χ2n) is 5.71. The lowest BCUT2D eigenvalue weighted by molar-refractivity contribution is -0.117. The fourth-order valence-corrected chi connectivity index (χ4v) is 3.49. The van der Waals surface area contributed by atoms with Gasteiger partial charge < -0.3 is 15.0 Å². The summed E-state index contributed by atoms with van der Waals surface area (Å²) < 4.78 is 6.51. The highest BCUT2D eigenvalue weighted by Gasteiger charge is 2.17. The molecule has 1 fully saturated rings. The van der Waals surface area contributed by atoms with Crippen molar-refractivity contribution < 1.29 is 9.53 Å².